The summed E-state index contributed by atoms with van der Waals surface area (Å²) in [6.45, 7) is 8.04. The highest BCUT2D eigenvalue weighted by Gasteiger charge is 2.22. The Bertz CT molecular complexity index is 440. The van der Waals surface area contributed by atoms with Gasteiger partial charge in [0.05, 0.1) is 12.2 Å². The van der Waals surface area contributed by atoms with Gasteiger partial charge in [-0.3, -0.25) is 4.79 Å². The van der Waals surface area contributed by atoms with E-state index in [1.807, 2.05) is 25.5 Å². The molecular formula is C13H24ClN5O. The van der Waals surface area contributed by atoms with Crippen LogP contribution in [-0.4, -0.2) is 39.5 Å². The van der Waals surface area contributed by atoms with Gasteiger partial charge in [-0.15, -0.1) is 17.5 Å². The number of nitrogens with one attached hydrogen (secondary N) is 2. The molecule has 1 amide bonds. The number of amides is 1. The second kappa shape index (κ2) is 7.04. The van der Waals surface area contributed by atoms with Crippen LogP contribution >= 0.6 is 12.4 Å². The molecule has 1 fully saturated rings. The topological polar surface area (TPSA) is 71.8 Å². The zero-order valence-electron chi connectivity index (χ0n) is 12.3. The van der Waals surface area contributed by atoms with Gasteiger partial charge in [-0.1, -0.05) is 12.1 Å². The molecule has 0 atom stereocenters. The molecule has 1 aliphatic heterocycles. The highest BCUT2D eigenvalue weighted by Crippen LogP contribution is 2.17. The molecule has 2 heterocycles. The lowest BCUT2D eigenvalue weighted by Crippen LogP contribution is -2.42. The molecule has 0 aliphatic carbocycles. The van der Waals surface area contributed by atoms with Crippen molar-refractivity contribution in [2.75, 3.05) is 13.1 Å². The van der Waals surface area contributed by atoms with Crippen molar-refractivity contribution in [2.24, 2.45) is 0 Å². The van der Waals surface area contributed by atoms with E-state index in [4.69, 9.17) is 0 Å². The summed E-state index contributed by atoms with van der Waals surface area (Å²) in [5, 5.41) is 14.4. The van der Waals surface area contributed by atoms with Gasteiger partial charge in [0.25, 0.3) is 5.91 Å². The fourth-order valence-electron chi connectivity index (χ4n) is 2.09. The summed E-state index contributed by atoms with van der Waals surface area (Å²) in [5.74, 6) is -0.146. The smallest absolute Gasteiger partial charge is 0.273 e. The fraction of sp³-hybridized carbons (Fsp3) is 0.769. The molecule has 0 unspecified atom stereocenters. The van der Waals surface area contributed by atoms with Gasteiger partial charge in [0.15, 0.2) is 5.69 Å². The average molecular weight is 302 g/mol. The van der Waals surface area contributed by atoms with Crippen molar-refractivity contribution in [3.8, 4) is 0 Å². The SMILES string of the molecule is CCC(C)(C)NC(=O)c1cn(C2CCNCC2)nn1.Cl. The molecule has 114 valence electrons. The Kier molecular flexibility index (Phi) is 5.95. The highest BCUT2D eigenvalue weighted by atomic mass is 35.5. The number of nitrogens with zero attached hydrogens (tertiary/aromatic N) is 3. The van der Waals surface area contributed by atoms with E-state index in [0.29, 0.717) is 11.7 Å². The first kappa shape index (κ1) is 16.9. The van der Waals surface area contributed by atoms with Gasteiger partial charge in [-0.2, -0.15) is 0 Å². The Labute approximate surface area is 126 Å². The Morgan fingerprint density at radius 3 is 2.75 bits per heavy atom. The van der Waals surface area contributed by atoms with E-state index < -0.39 is 0 Å². The predicted octanol–water partition coefficient (Wildman–Crippen LogP) is 1.54. The normalized spacial score (nSPS) is 16.6. The number of hydrogen-bond acceptors (Lipinski definition) is 4. The lowest BCUT2D eigenvalue weighted by atomic mass is 10.0. The molecule has 0 bridgehead atoms. The van der Waals surface area contributed by atoms with E-state index in [1.54, 1.807) is 6.20 Å². The third-order valence-electron chi connectivity index (χ3n) is 3.76. The Morgan fingerprint density at radius 1 is 1.50 bits per heavy atom. The number of piperidine rings is 1. The second-order valence-corrected chi connectivity index (χ2v) is 5.76. The van der Waals surface area contributed by atoms with Gasteiger partial charge in [0, 0.05) is 5.54 Å². The molecular weight excluding hydrogens is 278 g/mol. The van der Waals surface area contributed by atoms with Crippen LogP contribution in [0, 0.1) is 0 Å². The molecule has 1 aromatic rings. The van der Waals surface area contributed by atoms with Crippen LogP contribution in [0.3, 0.4) is 0 Å². The average Bonchev–Trinajstić information content (AvgIpc) is 2.89. The van der Waals surface area contributed by atoms with Gasteiger partial charge in [0.1, 0.15) is 0 Å². The molecule has 7 heteroatoms. The molecule has 1 saturated heterocycles. The Hall–Kier alpha value is -1.14. The number of carbonyl (C=O) groups is 1. The van der Waals surface area contributed by atoms with Crippen molar-refractivity contribution in [2.45, 2.75) is 51.6 Å². The van der Waals surface area contributed by atoms with E-state index in [1.165, 1.54) is 0 Å². The molecule has 20 heavy (non-hydrogen) atoms. The van der Waals surface area contributed by atoms with Crippen molar-refractivity contribution in [1.29, 1.82) is 0 Å². The first-order valence-electron chi connectivity index (χ1n) is 6.97. The van der Waals surface area contributed by atoms with E-state index in [2.05, 4.69) is 20.9 Å². The third-order valence-corrected chi connectivity index (χ3v) is 3.76. The number of halogens is 1. The van der Waals surface area contributed by atoms with Crippen LogP contribution < -0.4 is 10.6 Å². The maximum Gasteiger partial charge on any atom is 0.273 e. The van der Waals surface area contributed by atoms with Crippen LogP contribution in [0.2, 0.25) is 0 Å². The molecule has 0 spiro atoms. The van der Waals surface area contributed by atoms with Crippen LogP contribution in [-0.2, 0) is 0 Å². The number of aromatic nitrogens is 3. The van der Waals surface area contributed by atoms with Crippen molar-refractivity contribution in [3.05, 3.63) is 11.9 Å². The van der Waals surface area contributed by atoms with Gasteiger partial charge in [-0.05, 0) is 46.2 Å². The van der Waals surface area contributed by atoms with Crippen LogP contribution in [0.4, 0.5) is 0 Å². The Morgan fingerprint density at radius 2 is 2.15 bits per heavy atom. The van der Waals surface area contributed by atoms with Gasteiger partial charge >= 0.3 is 0 Å². The first-order valence-corrected chi connectivity index (χ1v) is 6.97. The van der Waals surface area contributed by atoms with Crippen molar-refractivity contribution in [3.63, 3.8) is 0 Å². The number of carbonyl (C=O) groups excluding carboxylic acids is 1. The summed E-state index contributed by atoms with van der Waals surface area (Å²) in [6, 6.07) is 0.356. The summed E-state index contributed by atoms with van der Waals surface area (Å²) >= 11 is 0. The first-order chi connectivity index (χ1) is 9.02. The summed E-state index contributed by atoms with van der Waals surface area (Å²) in [7, 11) is 0. The van der Waals surface area contributed by atoms with Crippen LogP contribution in [0.25, 0.3) is 0 Å². The Balaban J connectivity index is 0.00000200. The lowest BCUT2D eigenvalue weighted by molar-refractivity contribution is 0.0906. The minimum atomic E-state index is -0.213. The van der Waals surface area contributed by atoms with E-state index >= 15 is 0 Å². The van der Waals surface area contributed by atoms with Crippen molar-refractivity contribution in [1.82, 2.24) is 25.6 Å². The van der Waals surface area contributed by atoms with Crippen LogP contribution in [0.5, 0.6) is 0 Å². The molecule has 2 rings (SSSR count). The molecule has 0 radical (unpaired) electrons. The zero-order valence-corrected chi connectivity index (χ0v) is 13.2. The lowest BCUT2D eigenvalue weighted by Gasteiger charge is -2.23. The van der Waals surface area contributed by atoms with Crippen molar-refractivity contribution >= 4 is 18.3 Å². The highest BCUT2D eigenvalue weighted by molar-refractivity contribution is 5.92. The molecule has 1 aliphatic rings. The zero-order chi connectivity index (χ0) is 13.9. The molecule has 0 aromatic carbocycles. The quantitative estimate of drug-likeness (QED) is 0.885. The maximum atomic E-state index is 12.1. The molecule has 6 nitrogen and oxygen atoms in total. The largest absolute Gasteiger partial charge is 0.346 e. The fourth-order valence-corrected chi connectivity index (χ4v) is 2.09. The monoisotopic (exact) mass is 301 g/mol. The standard InChI is InChI=1S/C13H23N5O.ClH/c1-4-13(2,3)15-12(19)11-9-18(17-16-11)10-5-7-14-8-6-10;/h9-10,14H,4-8H2,1-3H3,(H,15,19);1H. The van der Waals surface area contributed by atoms with Crippen molar-refractivity contribution < 1.29 is 4.79 Å². The predicted molar refractivity (Wildman–Crippen MR) is 80.2 cm³/mol. The second-order valence-electron chi connectivity index (χ2n) is 5.76. The summed E-state index contributed by atoms with van der Waals surface area (Å²) in [4.78, 5) is 12.1. The number of hydrogen-bond donors (Lipinski definition) is 2. The van der Waals surface area contributed by atoms with E-state index in [9.17, 15) is 4.79 Å². The summed E-state index contributed by atoms with van der Waals surface area (Å²) in [5.41, 5.74) is 0.190. The summed E-state index contributed by atoms with van der Waals surface area (Å²) in [6.07, 6.45) is 4.70. The molecule has 2 N–H and O–H groups in total. The molecule has 1 aromatic heterocycles. The van der Waals surface area contributed by atoms with Gasteiger partial charge in [0.2, 0.25) is 0 Å². The summed E-state index contributed by atoms with van der Waals surface area (Å²) < 4.78 is 1.83. The number of rotatable bonds is 4. The third kappa shape index (κ3) is 4.18. The molecule has 0 saturated carbocycles. The maximum absolute atomic E-state index is 12.1. The van der Waals surface area contributed by atoms with E-state index in [-0.39, 0.29) is 23.9 Å². The van der Waals surface area contributed by atoms with E-state index in [0.717, 1.165) is 32.4 Å². The van der Waals surface area contributed by atoms with Crippen LogP contribution in [0.15, 0.2) is 6.20 Å². The van der Waals surface area contributed by atoms with Crippen LogP contribution in [0.1, 0.15) is 56.6 Å². The minimum Gasteiger partial charge on any atom is -0.346 e. The van der Waals surface area contributed by atoms with Gasteiger partial charge in [-0.25, -0.2) is 4.68 Å². The van der Waals surface area contributed by atoms with Gasteiger partial charge < -0.3 is 10.6 Å². The minimum absolute atomic E-state index is 0.